The van der Waals surface area contributed by atoms with Crippen molar-refractivity contribution in [2.24, 2.45) is 4.99 Å². The molecular weight excluding hydrogens is 224 g/mol. The van der Waals surface area contributed by atoms with Gasteiger partial charge < -0.3 is 4.74 Å². The summed E-state index contributed by atoms with van der Waals surface area (Å²) in [5.74, 6) is 0.507. The molecule has 92 valence electrons. The molecule has 0 fully saturated rings. The second-order valence-electron chi connectivity index (χ2n) is 3.62. The summed E-state index contributed by atoms with van der Waals surface area (Å²) in [4.78, 5) is 17.3. The molecule has 17 heavy (non-hydrogen) atoms. The SMILES string of the molecule is CCOC(=O)N1C(C)=NC2=CN(O)NC2=C1C. The molecule has 2 N–H and O–H groups in total. The van der Waals surface area contributed by atoms with Gasteiger partial charge in [-0.3, -0.25) is 10.6 Å². The molecule has 7 heteroatoms. The first-order valence-electron chi connectivity index (χ1n) is 5.24. The number of rotatable bonds is 1. The van der Waals surface area contributed by atoms with Gasteiger partial charge in [0.2, 0.25) is 0 Å². The topological polar surface area (TPSA) is 77.4 Å². The number of nitrogens with zero attached hydrogens (tertiary/aromatic N) is 3. The zero-order chi connectivity index (χ0) is 12.6. The highest BCUT2D eigenvalue weighted by Gasteiger charge is 2.31. The Hall–Kier alpha value is -2.02. The molecule has 2 heterocycles. The largest absolute Gasteiger partial charge is 0.449 e. The quantitative estimate of drug-likeness (QED) is 0.716. The van der Waals surface area contributed by atoms with Gasteiger partial charge in [-0.2, -0.15) is 5.17 Å². The lowest BCUT2D eigenvalue weighted by Gasteiger charge is -2.27. The summed E-state index contributed by atoms with van der Waals surface area (Å²) in [5, 5.41) is 10.1. The number of carbonyl (C=O) groups excluding carboxylic acids is 1. The fourth-order valence-corrected chi connectivity index (χ4v) is 1.77. The van der Waals surface area contributed by atoms with E-state index in [1.54, 1.807) is 20.8 Å². The number of fused-ring (bicyclic) bond motifs is 1. The third kappa shape index (κ3) is 1.84. The minimum absolute atomic E-state index is 0.299. The van der Waals surface area contributed by atoms with E-state index in [1.807, 2.05) is 0 Å². The van der Waals surface area contributed by atoms with Gasteiger partial charge in [-0.05, 0) is 20.8 Å². The third-order valence-corrected chi connectivity index (χ3v) is 2.48. The van der Waals surface area contributed by atoms with Crippen molar-refractivity contribution >= 4 is 11.9 Å². The summed E-state index contributed by atoms with van der Waals surface area (Å²) < 4.78 is 4.95. The zero-order valence-electron chi connectivity index (χ0n) is 9.89. The maximum Gasteiger partial charge on any atom is 0.419 e. The molecule has 0 unspecified atom stereocenters. The predicted molar refractivity (Wildman–Crippen MR) is 59.5 cm³/mol. The molecule has 0 saturated heterocycles. The van der Waals surface area contributed by atoms with E-state index < -0.39 is 6.09 Å². The Balaban J connectivity index is 2.35. The maximum atomic E-state index is 11.8. The second kappa shape index (κ2) is 4.10. The first kappa shape index (κ1) is 11.5. The summed E-state index contributed by atoms with van der Waals surface area (Å²) in [6, 6.07) is 0. The van der Waals surface area contributed by atoms with E-state index in [1.165, 1.54) is 11.1 Å². The zero-order valence-corrected chi connectivity index (χ0v) is 9.89. The van der Waals surface area contributed by atoms with Gasteiger partial charge >= 0.3 is 6.09 Å². The minimum atomic E-state index is -0.476. The Morgan fingerprint density at radius 2 is 2.29 bits per heavy atom. The van der Waals surface area contributed by atoms with Crippen LogP contribution in [0.15, 0.2) is 28.3 Å². The van der Waals surface area contributed by atoms with Gasteiger partial charge in [-0.25, -0.2) is 14.7 Å². The van der Waals surface area contributed by atoms with Crippen LogP contribution in [0.4, 0.5) is 4.79 Å². The second-order valence-corrected chi connectivity index (χ2v) is 3.62. The Morgan fingerprint density at radius 3 is 2.94 bits per heavy atom. The van der Waals surface area contributed by atoms with Crippen LogP contribution in [0.3, 0.4) is 0 Å². The Morgan fingerprint density at radius 1 is 1.59 bits per heavy atom. The third-order valence-electron chi connectivity index (χ3n) is 2.48. The fraction of sp³-hybridized carbons (Fsp3) is 0.400. The van der Waals surface area contributed by atoms with Crippen LogP contribution in [0.5, 0.6) is 0 Å². The number of amides is 1. The van der Waals surface area contributed by atoms with E-state index in [0.29, 0.717) is 29.5 Å². The van der Waals surface area contributed by atoms with Crippen LogP contribution in [0.2, 0.25) is 0 Å². The molecule has 0 saturated carbocycles. The number of hydrogen-bond donors (Lipinski definition) is 2. The van der Waals surface area contributed by atoms with Crippen molar-refractivity contribution in [1.29, 1.82) is 0 Å². The van der Waals surface area contributed by atoms with Crippen molar-refractivity contribution in [2.45, 2.75) is 20.8 Å². The standard InChI is InChI=1S/C10H14N4O3/c1-4-17-10(15)14-6(2)9-8(11-7(14)3)5-13(16)12-9/h5,12,16H,4H2,1-3H3. The summed E-state index contributed by atoms with van der Waals surface area (Å²) in [5.41, 5.74) is 4.49. The van der Waals surface area contributed by atoms with Gasteiger partial charge in [-0.15, -0.1) is 0 Å². The highest BCUT2D eigenvalue weighted by Crippen LogP contribution is 2.27. The average molecular weight is 238 g/mol. The smallest absolute Gasteiger partial charge is 0.419 e. The molecule has 1 amide bonds. The van der Waals surface area contributed by atoms with Gasteiger partial charge in [0.1, 0.15) is 17.2 Å². The average Bonchev–Trinajstić information content (AvgIpc) is 2.59. The van der Waals surface area contributed by atoms with E-state index in [-0.39, 0.29) is 0 Å². The Labute approximate surface area is 98.6 Å². The first-order valence-corrected chi connectivity index (χ1v) is 5.24. The molecule has 0 spiro atoms. The highest BCUT2D eigenvalue weighted by atomic mass is 16.6. The van der Waals surface area contributed by atoms with Crippen molar-refractivity contribution in [2.75, 3.05) is 6.61 Å². The molecule has 2 aliphatic heterocycles. The molecule has 0 aromatic carbocycles. The summed E-state index contributed by atoms with van der Waals surface area (Å²) in [6.07, 6.45) is 0.959. The van der Waals surface area contributed by atoms with Crippen molar-refractivity contribution in [3.05, 3.63) is 23.3 Å². The van der Waals surface area contributed by atoms with Crippen LogP contribution in [0.25, 0.3) is 0 Å². The molecular formula is C10H14N4O3. The van der Waals surface area contributed by atoms with E-state index in [2.05, 4.69) is 10.4 Å². The molecule has 2 rings (SSSR count). The number of hydroxylamine groups is 1. The van der Waals surface area contributed by atoms with Gasteiger partial charge in [0, 0.05) is 0 Å². The van der Waals surface area contributed by atoms with Crippen molar-refractivity contribution in [3.8, 4) is 0 Å². The van der Waals surface area contributed by atoms with E-state index >= 15 is 0 Å². The summed E-state index contributed by atoms with van der Waals surface area (Å²) >= 11 is 0. The van der Waals surface area contributed by atoms with Gasteiger partial charge in [0.25, 0.3) is 0 Å². The van der Waals surface area contributed by atoms with E-state index in [0.717, 1.165) is 5.17 Å². The maximum absolute atomic E-state index is 11.8. The van der Waals surface area contributed by atoms with Crippen molar-refractivity contribution in [3.63, 3.8) is 0 Å². The van der Waals surface area contributed by atoms with Crippen LogP contribution < -0.4 is 5.43 Å². The fourth-order valence-electron chi connectivity index (χ4n) is 1.77. The lowest BCUT2D eigenvalue weighted by atomic mass is 10.2. The van der Waals surface area contributed by atoms with Crippen LogP contribution in [-0.2, 0) is 4.74 Å². The van der Waals surface area contributed by atoms with Gasteiger partial charge in [-0.1, -0.05) is 0 Å². The number of aliphatic imine (C=N–C) groups is 1. The number of ether oxygens (including phenoxy) is 1. The number of carbonyl (C=O) groups is 1. The lowest BCUT2D eigenvalue weighted by molar-refractivity contribution is -0.0705. The van der Waals surface area contributed by atoms with Crippen LogP contribution >= 0.6 is 0 Å². The van der Waals surface area contributed by atoms with Gasteiger partial charge in [0.05, 0.1) is 18.5 Å². The Kier molecular flexibility index (Phi) is 2.76. The molecule has 0 aromatic heterocycles. The lowest BCUT2D eigenvalue weighted by Crippen LogP contribution is -2.39. The minimum Gasteiger partial charge on any atom is -0.449 e. The summed E-state index contributed by atoms with van der Waals surface area (Å²) in [7, 11) is 0. The number of nitrogens with one attached hydrogen (secondary N) is 1. The molecule has 2 aliphatic rings. The monoisotopic (exact) mass is 238 g/mol. The molecule has 0 aromatic rings. The molecule has 0 radical (unpaired) electrons. The Bertz CT molecular complexity index is 452. The van der Waals surface area contributed by atoms with E-state index in [9.17, 15) is 10.0 Å². The van der Waals surface area contributed by atoms with Gasteiger partial charge in [0.15, 0.2) is 0 Å². The highest BCUT2D eigenvalue weighted by molar-refractivity contribution is 5.98. The van der Waals surface area contributed by atoms with Crippen molar-refractivity contribution in [1.82, 2.24) is 15.5 Å². The summed E-state index contributed by atoms with van der Waals surface area (Å²) in [6.45, 7) is 5.50. The predicted octanol–water partition coefficient (Wildman–Crippen LogP) is 1.16. The number of allylic oxidation sites excluding steroid dienone is 1. The van der Waals surface area contributed by atoms with Crippen LogP contribution in [0, 0.1) is 0 Å². The number of amidine groups is 1. The molecule has 0 bridgehead atoms. The molecule has 7 nitrogen and oxygen atoms in total. The first-order chi connectivity index (χ1) is 8.04. The molecule has 0 aliphatic carbocycles. The van der Waals surface area contributed by atoms with E-state index in [4.69, 9.17) is 4.74 Å². The van der Waals surface area contributed by atoms with Crippen molar-refractivity contribution < 1.29 is 14.7 Å². The normalized spacial score (nSPS) is 18.6. The molecule has 0 atom stereocenters. The number of hydrazine groups is 1. The number of hydrogen-bond acceptors (Lipinski definition) is 6. The van der Waals surface area contributed by atoms with Crippen LogP contribution in [-0.4, -0.2) is 33.8 Å². The van der Waals surface area contributed by atoms with Crippen LogP contribution in [0.1, 0.15) is 20.8 Å².